The number of piperidine rings is 1. The summed E-state index contributed by atoms with van der Waals surface area (Å²) in [5.41, 5.74) is 2.20. The summed E-state index contributed by atoms with van der Waals surface area (Å²) in [4.78, 5) is 23.1. The van der Waals surface area contributed by atoms with Gasteiger partial charge in [0.1, 0.15) is 5.92 Å². The fraction of sp³-hybridized carbons (Fsp3) is 0.500. The highest BCUT2D eigenvalue weighted by Crippen LogP contribution is 2.32. The molecule has 108 valence electrons. The highest BCUT2D eigenvalue weighted by molar-refractivity contribution is 5.98. The first-order chi connectivity index (χ1) is 9.30. The normalized spacial score (nSPS) is 23.2. The van der Waals surface area contributed by atoms with Crippen LogP contribution in [0, 0.1) is 5.92 Å². The zero-order valence-corrected chi connectivity index (χ0v) is 12.1. The second kappa shape index (κ2) is 5.27. The number of carbonyl (C=O) groups excluding carboxylic acids is 1. The van der Waals surface area contributed by atoms with Crippen molar-refractivity contribution in [1.82, 2.24) is 5.32 Å². The van der Waals surface area contributed by atoms with Crippen molar-refractivity contribution in [3.8, 4) is 0 Å². The minimum Gasteiger partial charge on any atom is -0.481 e. The number of rotatable bonds is 2. The molecule has 0 bridgehead atoms. The summed E-state index contributed by atoms with van der Waals surface area (Å²) in [5.74, 6) is -2.65. The van der Waals surface area contributed by atoms with Gasteiger partial charge in [-0.2, -0.15) is 0 Å². The summed E-state index contributed by atoms with van der Waals surface area (Å²) in [5, 5.41) is 11.9. The first-order valence-corrected chi connectivity index (χ1v) is 6.91. The van der Waals surface area contributed by atoms with Gasteiger partial charge in [-0.05, 0) is 23.0 Å². The minimum atomic E-state index is -1.05. The molecule has 0 spiro atoms. The molecule has 2 unspecified atom stereocenters. The van der Waals surface area contributed by atoms with E-state index in [0.717, 1.165) is 5.56 Å². The highest BCUT2D eigenvalue weighted by Gasteiger charge is 2.38. The maximum absolute atomic E-state index is 11.8. The molecule has 2 atom stereocenters. The number of aliphatic carboxylic acids is 1. The molecule has 0 aliphatic carbocycles. The monoisotopic (exact) mass is 275 g/mol. The molecule has 1 saturated heterocycles. The Morgan fingerprint density at radius 2 is 1.85 bits per heavy atom. The van der Waals surface area contributed by atoms with Crippen LogP contribution in [0.3, 0.4) is 0 Å². The van der Waals surface area contributed by atoms with Crippen molar-refractivity contribution in [2.24, 2.45) is 5.92 Å². The Bertz CT molecular complexity index is 514. The molecular formula is C16H21NO3. The fourth-order valence-electron chi connectivity index (χ4n) is 2.68. The van der Waals surface area contributed by atoms with Crippen LogP contribution in [0.25, 0.3) is 0 Å². The third kappa shape index (κ3) is 2.84. The predicted octanol–water partition coefficient (Wildman–Crippen LogP) is 2.29. The lowest BCUT2D eigenvalue weighted by Gasteiger charge is -2.29. The van der Waals surface area contributed by atoms with Crippen molar-refractivity contribution >= 4 is 11.9 Å². The fourth-order valence-corrected chi connectivity index (χ4v) is 2.68. The lowest BCUT2D eigenvalue weighted by Crippen LogP contribution is -2.44. The summed E-state index contributed by atoms with van der Waals surface area (Å²) >= 11 is 0. The molecule has 2 N–H and O–H groups in total. The molecule has 1 fully saturated rings. The molecule has 1 aromatic carbocycles. The summed E-state index contributed by atoms with van der Waals surface area (Å²) < 4.78 is 0. The maximum atomic E-state index is 11.8. The standard InChI is InChI=1S/C16H21NO3/c1-16(2,3)11-6-4-10(5-7-11)12-8-9-17-14(18)13(12)15(19)20/h4-7,12-13H,8-9H2,1-3H3,(H,17,18)(H,19,20). The van der Waals surface area contributed by atoms with Gasteiger partial charge in [-0.25, -0.2) is 0 Å². The van der Waals surface area contributed by atoms with Crippen molar-refractivity contribution < 1.29 is 14.7 Å². The molecule has 1 amide bonds. The van der Waals surface area contributed by atoms with Crippen molar-refractivity contribution in [2.45, 2.75) is 38.5 Å². The first kappa shape index (κ1) is 14.6. The Hall–Kier alpha value is -1.84. The SMILES string of the molecule is CC(C)(C)c1ccc(C2CCNC(=O)C2C(=O)O)cc1. The number of carboxylic acids is 1. The van der Waals surface area contributed by atoms with E-state index in [2.05, 4.69) is 26.1 Å². The van der Waals surface area contributed by atoms with Gasteiger partial charge in [0.05, 0.1) is 0 Å². The van der Waals surface area contributed by atoms with Gasteiger partial charge in [0, 0.05) is 12.5 Å². The number of hydrogen-bond acceptors (Lipinski definition) is 2. The van der Waals surface area contributed by atoms with Gasteiger partial charge >= 0.3 is 5.97 Å². The van der Waals surface area contributed by atoms with Gasteiger partial charge in [0.15, 0.2) is 0 Å². The Labute approximate surface area is 119 Å². The van der Waals surface area contributed by atoms with E-state index in [-0.39, 0.29) is 17.2 Å². The summed E-state index contributed by atoms with van der Waals surface area (Å²) in [6.07, 6.45) is 0.664. The largest absolute Gasteiger partial charge is 0.481 e. The molecule has 0 saturated carbocycles. The van der Waals surface area contributed by atoms with Crippen LogP contribution in [0.4, 0.5) is 0 Å². The average Bonchev–Trinajstić information content (AvgIpc) is 2.37. The Balaban J connectivity index is 2.30. The van der Waals surface area contributed by atoms with Crippen LogP contribution in [0.5, 0.6) is 0 Å². The van der Waals surface area contributed by atoms with Gasteiger partial charge in [0.2, 0.25) is 5.91 Å². The Morgan fingerprint density at radius 1 is 1.25 bits per heavy atom. The van der Waals surface area contributed by atoms with E-state index in [0.29, 0.717) is 13.0 Å². The van der Waals surface area contributed by atoms with Gasteiger partial charge < -0.3 is 10.4 Å². The summed E-state index contributed by atoms with van der Waals surface area (Å²) in [6, 6.07) is 7.97. The van der Waals surface area contributed by atoms with Crippen LogP contribution in [0.15, 0.2) is 24.3 Å². The first-order valence-electron chi connectivity index (χ1n) is 6.91. The molecular weight excluding hydrogens is 254 g/mol. The molecule has 1 aliphatic rings. The Kier molecular flexibility index (Phi) is 3.84. The number of benzene rings is 1. The zero-order chi connectivity index (χ0) is 14.9. The van der Waals surface area contributed by atoms with Gasteiger partial charge in [-0.3, -0.25) is 9.59 Å². The molecule has 0 aromatic heterocycles. The van der Waals surface area contributed by atoms with Crippen molar-refractivity contribution in [3.63, 3.8) is 0 Å². The summed E-state index contributed by atoms with van der Waals surface area (Å²) in [6.45, 7) is 6.94. The maximum Gasteiger partial charge on any atom is 0.316 e. The van der Waals surface area contributed by atoms with Crippen LogP contribution < -0.4 is 5.32 Å². The zero-order valence-electron chi connectivity index (χ0n) is 12.1. The molecule has 4 nitrogen and oxygen atoms in total. The van der Waals surface area contributed by atoms with Gasteiger partial charge in [-0.1, -0.05) is 45.0 Å². The molecule has 2 rings (SSSR count). The number of nitrogens with one attached hydrogen (secondary N) is 1. The third-order valence-electron chi connectivity index (χ3n) is 3.91. The van der Waals surface area contributed by atoms with Gasteiger partial charge in [0.25, 0.3) is 0 Å². The Morgan fingerprint density at radius 3 is 2.35 bits per heavy atom. The van der Waals surface area contributed by atoms with Crippen LogP contribution in [-0.4, -0.2) is 23.5 Å². The van der Waals surface area contributed by atoms with E-state index in [1.807, 2.05) is 24.3 Å². The number of hydrogen-bond donors (Lipinski definition) is 2. The van der Waals surface area contributed by atoms with Crippen molar-refractivity contribution in [3.05, 3.63) is 35.4 Å². The second-order valence-corrected chi connectivity index (χ2v) is 6.37. The minimum absolute atomic E-state index is 0.0642. The molecule has 1 aromatic rings. The molecule has 0 radical (unpaired) electrons. The topological polar surface area (TPSA) is 66.4 Å². The second-order valence-electron chi connectivity index (χ2n) is 6.37. The van der Waals surface area contributed by atoms with Gasteiger partial charge in [-0.15, -0.1) is 0 Å². The van der Waals surface area contributed by atoms with E-state index < -0.39 is 11.9 Å². The molecule has 1 aliphatic heterocycles. The van der Waals surface area contributed by atoms with Crippen LogP contribution in [0.1, 0.15) is 44.2 Å². The number of carboxylic acid groups (broad SMARTS) is 1. The van der Waals surface area contributed by atoms with E-state index in [4.69, 9.17) is 0 Å². The molecule has 4 heteroatoms. The lowest BCUT2D eigenvalue weighted by molar-refractivity contribution is -0.149. The van der Waals surface area contributed by atoms with Crippen LogP contribution >= 0.6 is 0 Å². The van der Waals surface area contributed by atoms with Crippen LogP contribution in [-0.2, 0) is 15.0 Å². The van der Waals surface area contributed by atoms with E-state index >= 15 is 0 Å². The number of amides is 1. The van der Waals surface area contributed by atoms with Crippen molar-refractivity contribution in [2.75, 3.05) is 6.54 Å². The van der Waals surface area contributed by atoms with E-state index in [1.165, 1.54) is 5.56 Å². The predicted molar refractivity (Wildman–Crippen MR) is 76.6 cm³/mol. The third-order valence-corrected chi connectivity index (χ3v) is 3.91. The summed E-state index contributed by atoms with van der Waals surface area (Å²) in [7, 11) is 0. The van der Waals surface area contributed by atoms with Crippen LogP contribution in [0.2, 0.25) is 0 Å². The lowest BCUT2D eigenvalue weighted by atomic mass is 9.79. The van der Waals surface area contributed by atoms with E-state index in [1.54, 1.807) is 0 Å². The highest BCUT2D eigenvalue weighted by atomic mass is 16.4. The quantitative estimate of drug-likeness (QED) is 0.814. The molecule has 20 heavy (non-hydrogen) atoms. The van der Waals surface area contributed by atoms with Crippen molar-refractivity contribution in [1.29, 1.82) is 0 Å². The molecule has 1 heterocycles. The smallest absolute Gasteiger partial charge is 0.316 e. The number of carbonyl (C=O) groups is 2. The average molecular weight is 275 g/mol. The van der Waals surface area contributed by atoms with E-state index in [9.17, 15) is 14.7 Å².